The zero-order chi connectivity index (χ0) is 15.1. The number of fused-ring (bicyclic) bond motifs is 5. The summed E-state index contributed by atoms with van der Waals surface area (Å²) in [5.41, 5.74) is 0.555. The monoisotopic (exact) mass is 364 g/mol. The summed E-state index contributed by atoms with van der Waals surface area (Å²) in [7, 11) is 0. The van der Waals surface area contributed by atoms with Gasteiger partial charge in [0, 0.05) is 18.4 Å². The number of benzene rings is 1. The molecular weight excluding hydrogens is 352 g/mol. The molecule has 2 fully saturated rings. The van der Waals surface area contributed by atoms with Gasteiger partial charge < -0.3 is 14.7 Å². The smallest absolute Gasteiger partial charge is 0.229 e. The molecule has 5 atom stereocenters. The summed E-state index contributed by atoms with van der Waals surface area (Å²) >= 11 is 3.41. The van der Waals surface area contributed by atoms with Crippen molar-refractivity contribution in [1.29, 1.82) is 0 Å². The second kappa shape index (κ2) is 4.10. The van der Waals surface area contributed by atoms with E-state index in [1.807, 2.05) is 24.3 Å². The highest BCUT2D eigenvalue weighted by Crippen LogP contribution is 2.57. The molecule has 7 heteroatoms. The number of halogens is 1. The number of nitrogens with zero attached hydrogens (tertiary/aromatic N) is 2. The van der Waals surface area contributed by atoms with Crippen molar-refractivity contribution in [2.45, 2.75) is 36.9 Å². The Morgan fingerprint density at radius 2 is 2.23 bits per heavy atom. The fourth-order valence-electron chi connectivity index (χ4n) is 4.22. The second-order valence-corrected chi connectivity index (χ2v) is 6.94. The lowest BCUT2D eigenvalue weighted by Crippen LogP contribution is -2.54. The number of hydrogen-bond donors (Lipinski definition) is 1. The van der Waals surface area contributed by atoms with E-state index in [9.17, 15) is 9.90 Å². The van der Waals surface area contributed by atoms with Crippen molar-refractivity contribution in [3.63, 3.8) is 0 Å². The van der Waals surface area contributed by atoms with E-state index < -0.39 is 17.9 Å². The Labute approximate surface area is 134 Å². The quantitative estimate of drug-likeness (QED) is 0.760. The highest BCUT2D eigenvalue weighted by atomic mass is 79.9. The molecule has 0 aromatic heterocycles. The molecule has 4 aliphatic heterocycles. The van der Waals surface area contributed by atoms with Crippen LogP contribution in [0, 0.1) is 5.92 Å². The average Bonchev–Trinajstić information content (AvgIpc) is 3.13. The number of aliphatic hydroxyl groups is 1. The topological polar surface area (TPSA) is 71.4 Å². The molecule has 1 aromatic rings. The third-order valence-electron chi connectivity index (χ3n) is 5.13. The molecule has 2 saturated heterocycles. The Hall–Kier alpha value is -1.44. The minimum absolute atomic E-state index is 0.00688. The van der Waals surface area contributed by atoms with E-state index in [-0.39, 0.29) is 17.9 Å². The third kappa shape index (κ3) is 1.33. The van der Waals surface area contributed by atoms with Crippen LogP contribution in [0.25, 0.3) is 0 Å². The van der Waals surface area contributed by atoms with E-state index in [1.54, 1.807) is 4.90 Å². The van der Waals surface area contributed by atoms with Gasteiger partial charge >= 0.3 is 0 Å². The number of carbonyl (C=O) groups excluding carboxylic acids is 1. The van der Waals surface area contributed by atoms with Gasteiger partial charge in [0.1, 0.15) is 16.8 Å². The Kier molecular flexibility index (Phi) is 2.43. The van der Waals surface area contributed by atoms with Crippen molar-refractivity contribution in [1.82, 2.24) is 0 Å². The molecule has 1 amide bonds. The largest absolute Gasteiger partial charge is 0.386 e. The lowest BCUT2D eigenvalue weighted by atomic mass is 9.86. The van der Waals surface area contributed by atoms with Gasteiger partial charge in [-0.15, -0.1) is 0 Å². The molecule has 4 aliphatic rings. The van der Waals surface area contributed by atoms with Crippen LogP contribution in [0.5, 0.6) is 0 Å². The van der Waals surface area contributed by atoms with Gasteiger partial charge in [-0.05, 0) is 22.0 Å². The number of ether oxygens (including phenoxy) is 1. The van der Waals surface area contributed by atoms with Crippen LogP contribution in [0.4, 0.5) is 5.69 Å². The van der Waals surface area contributed by atoms with Crippen LogP contribution < -0.4 is 4.90 Å². The summed E-state index contributed by atoms with van der Waals surface area (Å²) in [6.45, 7) is 0. The van der Waals surface area contributed by atoms with Gasteiger partial charge in [0.05, 0.1) is 11.6 Å². The molecule has 2 bridgehead atoms. The second-order valence-electron chi connectivity index (χ2n) is 6.13. The summed E-state index contributed by atoms with van der Waals surface area (Å²) < 4.78 is 6.89. The molecule has 0 saturated carbocycles. The van der Waals surface area contributed by atoms with Crippen molar-refractivity contribution in [2.24, 2.45) is 11.1 Å². The molecular formula is C15H13BrN2O4. The van der Waals surface area contributed by atoms with Gasteiger partial charge in [-0.3, -0.25) is 9.69 Å². The summed E-state index contributed by atoms with van der Waals surface area (Å²) in [5, 5.41) is 14.9. The Morgan fingerprint density at radius 3 is 3.09 bits per heavy atom. The van der Waals surface area contributed by atoms with Gasteiger partial charge in [0.15, 0.2) is 11.8 Å². The van der Waals surface area contributed by atoms with Gasteiger partial charge in [-0.2, -0.15) is 0 Å². The Bertz CT molecular complexity index is 723. The minimum Gasteiger partial charge on any atom is -0.386 e. The molecule has 5 unspecified atom stereocenters. The van der Waals surface area contributed by atoms with Crippen LogP contribution in [0.1, 0.15) is 24.5 Å². The SMILES string of the molecule is O=C1CCC23OC(C(O)c4ccccc4N12)C1C(Br)=NOC13. The number of anilines is 1. The van der Waals surface area contributed by atoms with Crippen molar-refractivity contribution in [2.75, 3.05) is 4.90 Å². The maximum absolute atomic E-state index is 12.5. The zero-order valence-electron chi connectivity index (χ0n) is 11.5. The summed E-state index contributed by atoms with van der Waals surface area (Å²) in [4.78, 5) is 19.8. The van der Waals surface area contributed by atoms with Crippen LogP contribution in [0.15, 0.2) is 29.4 Å². The number of rotatable bonds is 0. The van der Waals surface area contributed by atoms with Gasteiger partial charge in [0.2, 0.25) is 5.91 Å². The van der Waals surface area contributed by atoms with Crippen molar-refractivity contribution in [3.8, 4) is 0 Å². The van der Waals surface area contributed by atoms with E-state index in [0.717, 1.165) is 5.56 Å². The molecule has 5 rings (SSSR count). The van der Waals surface area contributed by atoms with Crippen molar-refractivity contribution >= 4 is 32.1 Å². The maximum atomic E-state index is 12.5. The first-order valence-electron chi connectivity index (χ1n) is 7.30. The fourth-order valence-corrected chi connectivity index (χ4v) is 4.81. The van der Waals surface area contributed by atoms with E-state index in [2.05, 4.69) is 21.1 Å². The van der Waals surface area contributed by atoms with Crippen molar-refractivity contribution in [3.05, 3.63) is 29.8 Å². The van der Waals surface area contributed by atoms with Gasteiger partial charge in [0.25, 0.3) is 0 Å². The first kappa shape index (κ1) is 13.0. The maximum Gasteiger partial charge on any atom is 0.229 e. The zero-order valence-corrected chi connectivity index (χ0v) is 13.1. The predicted octanol–water partition coefficient (Wildman–Crippen LogP) is 1.68. The molecule has 1 N–H and O–H groups in total. The normalized spacial score (nSPS) is 41.5. The molecule has 1 spiro atoms. The third-order valence-corrected chi connectivity index (χ3v) is 5.80. The molecule has 0 aliphatic carbocycles. The van der Waals surface area contributed by atoms with Gasteiger partial charge in [-0.1, -0.05) is 23.4 Å². The molecule has 6 nitrogen and oxygen atoms in total. The summed E-state index contributed by atoms with van der Waals surface area (Å²) in [6.07, 6.45) is -0.753. The van der Waals surface area contributed by atoms with Crippen LogP contribution in [-0.2, 0) is 14.4 Å². The molecule has 22 heavy (non-hydrogen) atoms. The number of carbonyl (C=O) groups is 1. The first-order valence-corrected chi connectivity index (χ1v) is 8.10. The highest BCUT2D eigenvalue weighted by Gasteiger charge is 2.69. The molecule has 114 valence electrons. The van der Waals surface area contributed by atoms with Crippen LogP contribution in [0.3, 0.4) is 0 Å². The van der Waals surface area contributed by atoms with E-state index in [0.29, 0.717) is 23.1 Å². The van der Waals surface area contributed by atoms with E-state index >= 15 is 0 Å². The number of aliphatic hydroxyl groups excluding tert-OH is 1. The molecule has 1 aromatic carbocycles. The van der Waals surface area contributed by atoms with E-state index in [1.165, 1.54) is 0 Å². The Balaban J connectivity index is 1.78. The standard InChI is InChI=1S/C15H13BrN2O4/c16-14-10-12-11(20)7-3-1-2-4-8(7)18-9(19)5-6-15(18,21-12)13(10)22-17-14/h1-4,10-13,20H,5-6H2. The van der Waals surface area contributed by atoms with Crippen molar-refractivity contribution < 1.29 is 19.5 Å². The minimum atomic E-state index is -0.876. The number of oxime groups is 1. The molecule has 0 radical (unpaired) electrons. The fraction of sp³-hybridized carbons (Fsp3) is 0.467. The average molecular weight is 365 g/mol. The molecule has 4 heterocycles. The number of amides is 1. The van der Waals surface area contributed by atoms with Gasteiger partial charge in [-0.25, -0.2) is 0 Å². The highest BCUT2D eigenvalue weighted by molar-refractivity contribution is 9.18. The number of hydrogen-bond acceptors (Lipinski definition) is 5. The predicted molar refractivity (Wildman–Crippen MR) is 80.5 cm³/mol. The van der Waals surface area contributed by atoms with E-state index in [4.69, 9.17) is 9.57 Å². The lowest BCUT2D eigenvalue weighted by molar-refractivity contribution is -0.127. The van der Waals surface area contributed by atoms with Crippen LogP contribution in [-0.4, -0.2) is 33.6 Å². The lowest BCUT2D eigenvalue weighted by Gasteiger charge is -2.36. The van der Waals surface area contributed by atoms with Crippen LogP contribution >= 0.6 is 15.9 Å². The Morgan fingerprint density at radius 1 is 1.41 bits per heavy atom. The summed E-state index contributed by atoms with van der Waals surface area (Å²) in [6, 6.07) is 7.43. The summed E-state index contributed by atoms with van der Waals surface area (Å²) in [5.74, 6) is -0.204. The number of para-hydroxylation sites is 1. The van der Waals surface area contributed by atoms with Crippen LogP contribution in [0.2, 0.25) is 0 Å². The first-order chi connectivity index (χ1) is 10.6.